The molecule has 110 valence electrons. The van der Waals surface area contributed by atoms with Crippen molar-refractivity contribution in [3.8, 4) is 0 Å². The fourth-order valence-electron chi connectivity index (χ4n) is 3.07. The number of aromatic nitrogens is 4. The molecule has 0 saturated heterocycles. The van der Waals surface area contributed by atoms with Crippen LogP contribution >= 0.6 is 0 Å². The largest absolute Gasteiger partial charge is 0.319 e. The number of pyridine rings is 2. The molecule has 0 unspecified atom stereocenters. The summed E-state index contributed by atoms with van der Waals surface area (Å²) in [5, 5.41) is 7.40. The lowest BCUT2D eigenvalue weighted by Gasteiger charge is -2.09. The Balaban J connectivity index is 1.73. The first kappa shape index (κ1) is 12.9. The molecular weight excluding hydrogens is 278 g/mol. The Bertz CT molecular complexity index is 878. The fraction of sp³-hybridized carbons (Fsp3) is 0.250. The minimum atomic E-state index is -0.142. The Kier molecular flexibility index (Phi) is 2.89. The highest BCUT2D eigenvalue weighted by atomic mass is 16.2. The van der Waals surface area contributed by atoms with Crippen LogP contribution in [0.5, 0.6) is 0 Å². The van der Waals surface area contributed by atoms with Gasteiger partial charge in [0, 0.05) is 25.0 Å². The lowest BCUT2D eigenvalue weighted by Crippen LogP contribution is -2.18. The molecule has 6 nitrogen and oxygen atoms in total. The number of nitrogens with zero attached hydrogens (tertiary/aromatic N) is 4. The predicted octanol–water partition coefficient (Wildman–Crippen LogP) is 2.10. The standard InChI is InChI=1S/C16H15N5O/c1-21-15(10-4-2-5-11(10)20-21)16(22)19-13-7-9-17-12-6-3-8-18-14(12)13/h3,6-9H,2,4-5H2,1H3,(H,17,19,22). The summed E-state index contributed by atoms with van der Waals surface area (Å²) in [6.07, 6.45) is 6.31. The van der Waals surface area contributed by atoms with Crippen LogP contribution in [0, 0.1) is 0 Å². The molecule has 0 aliphatic heterocycles. The van der Waals surface area contributed by atoms with E-state index in [1.807, 2.05) is 19.2 Å². The van der Waals surface area contributed by atoms with Gasteiger partial charge in [0.05, 0.1) is 16.9 Å². The molecule has 3 aromatic heterocycles. The van der Waals surface area contributed by atoms with Gasteiger partial charge in [-0.1, -0.05) is 0 Å². The van der Waals surface area contributed by atoms with Crippen molar-refractivity contribution in [2.75, 3.05) is 5.32 Å². The van der Waals surface area contributed by atoms with Crippen molar-refractivity contribution in [3.63, 3.8) is 0 Å². The number of amides is 1. The number of aryl methyl sites for hydroxylation is 2. The van der Waals surface area contributed by atoms with E-state index in [2.05, 4.69) is 20.4 Å². The van der Waals surface area contributed by atoms with E-state index in [4.69, 9.17) is 0 Å². The fourth-order valence-corrected chi connectivity index (χ4v) is 3.07. The number of nitrogens with one attached hydrogen (secondary N) is 1. The van der Waals surface area contributed by atoms with Crippen LogP contribution in [0.3, 0.4) is 0 Å². The molecule has 1 aliphatic rings. The van der Waals surface area contributed by atoms with Gasteiger partial charge < -0.3 is 5.32 Å². The zero-order valence-corrected chi connectivity index (χ0v) is 12.2. The minimum Gasteiger partial charge on any atom is -0.319 e. The van der Waals surface area contributed by atoms with Crippen LogP contribution < -0.4 is 5.32 Å². The van der Waals surface area contributed by atoms with Gasteiger partial charge in [-0.2, -0.15) is 5.10 Å². The Labute approximate surface area is 127 Å². The normalized spacial score (nSPS) is 13.3. The van der Waals surface area contributed by atoms with Gasteiger partial charge in [0.15, 0.2) is 0 Å². The van der Waals surface area contributed by atoms with Crippen molar-refractivity contribution >= 4 is 22.6 Å². The number of carbonyl (C=O) groups is 1. The monoisotopic (exact) mass is 293 g/mol. The van der Waals surface area contributed by atoms with Crippen LogP contribution in [0.4, 0.5) is 5.69 Å². The quantitative estimate of drug-likeness (QED) is 0.785. The molecule has 22 heavy (non-hydrogen) atoms. The molecule has 0 bridgehead atoms. The molecule has 0 aromatic carbocycles. The van der Waals surface area contributed by atoms with Gasteiger partial charge >= 0.3 is 0 Å². The highest BCUT2D eigenvalue weighted by molar-refractivity contribution is 6.07. The van der Waals surface area contributed by atoms with Crippen LogP contribution in [0.1, 0.15) is 28.2 Å². The molecule has 6 heteroatoms. The number of fused-ring (bicyclic) bond motifs is 2. The van der Waals surface area contributed by atoms with Crippen molar-refractivity contribution < 1.29 is 4.79 Å². The van der Waals surface area contributed by atoms with E-state index >= 15 is 0 Å². The van der Waals surface area contributed by atoms with Gasteiger partial charge in [0.2, 0.25) is 0 Å². The summed E-state index contributed by atoms with van der Waals surface area (Å²) in [4.78, 5) is 21.2. The highest BCUT2D eigenvalue weighted by Crippen LogP contribution is 2.26. The minimum absolute atomic E-state index is 0.142. The summed E-state index contributed by atoms with van der Waals surface area (Å²) in [5.41, 5.74) is 4.89. The molecular formula is C16H15N5O. The van der Waals surface area contributed by atoms with E-state index in [0.717, 1.165) is 36.0 Å². The van der Waals surface area contributed by atoms with E-state index in [0.29, 0.717) is 16.9 Å². The molecule has 1 N–H and O–H groups in total. The van der Waals surface area contributed by atoms with Crippen molar-refractivity contribution in [2.24, 2.45) is 7.05 Å². The molecule has 0 spiro atoms. The molecule has 1 aliphatic carbocycles. The van der Waals surface area contributed by atoms with Crippen molar-refractivity contribution in [2.45, 2.75) is 19.3 Å². The zero-order chi connectivity index (χ0) is 15.1. The Morgan fingerprint density at radius 2 is 2.14 bits per heavy atom. The van der Waals surface area contributed by atoms with E-state index in [9.17, 15) is 4.79 Å². The number of hydrogen-bond acceptors (Lipinski definition) is 4. The number of hydrogen-bond donors (Lipinski definition) is 1. The van der Waals surface area contributed by atoms with Crippen LogP contribution in [-0.4, -0.2) is 25.7 Å². The third-order valence-corrected chi connectivity index (χ3v) is 4.03. The molecule has 4 rings (SSSR count). The van der Waals surface area contributed by atoms with Gasteiger partial charge in [-0.05, 0) is 37.5 Å². The van der Waals surface area contributed by atoms with Gasteiger partial charge in [-0.3, -0.25) is 19.4 Å². The van der Waals surface area contributed by atoms with Gasteiger partial charge in [-0.25, -0.2) is 0 Å². The van der Waals surface area contributed by atoms with Crippen LogP contribution in [0.2, 0.25) is 0 Å². The maximum absolute atomic E-state index is 12.7. The molecule has 0 saturated carbocycles. The second kappa shape index (κ2) is 4.91. The second-order valence-electron chi connectivity index (χ2n) is 5.43. The summed E-state index contributed by atoms with van der Waals surface area (Å²) in [6, 6.07) is 5.47. The lowest BCUT2D eigenvalue weighted by atomic mass is 10.2. The van der Waals surface area contributed by atoms with Crippen molar-refractivity contribution in [1.82, 2.24) is 19.7 Å². The summed E-state index contributed by atoms with van der Waals surface area (Å²) < 4.78 is 1.68. The maximum Gasteiger partial charge on any atom is 0.274 e. The first-order chi connectivity index (χ1) is 10.7. The van der Waals surface area contributed by atoms with Gasteiger partial charge in [0.25, 0.3) is 5.91 Å². The topological polar surface area (TPSA) is 72.7 Å². The molecule has 3 heterocycles. The van der Waals surface area contributed by atoms with Gasteiger partial charge in [-0.15, -0.1) is 0 Å². The lowest BCUT2D eigenvalue weighted by molar-refractivity contribution is 0.101. The number of carbonyl (C=O) groups excluding carboxylic acids is 1. The SMILES string of the molecule is Cn1nc2c(c1C(=O)Nc1ccnc3cccnc13)CCC2. The molecule has 0 fully saturated rings. The average Bonchev–Trinajstić information content (AvgIpc) is 3.07. The smallest absolute Gasteiger partial charge is 0.274 e. The number of anilines is 1. The third-order valence-electron chi connectivity index (χ3n) is 4.03. The molecule has 3 aromatic rings. The van der Waals surface area contributed by atoms with Crippen LogP contribution in [0.15, 0.2) is 30.6 Å². The summed E-state index contributed by atoms with van der Waals surface area (Å²) in [6.45, 7) is 0. The first-order valence-electron chi connectivity index (χ1n) is 7.30. The number of rotatable bonds is 2. The predicted molar refractivity (Wildman–Crippen MR) is 82.7 cm³/mol. The van der Waals surface area contributed by atoms with Crippen LogP contribution in [0.25, 0.3) is 11.0 Å². The highest BCUT2D eigenvalue weighted by Gasteiger charge is 2.25. The van der Waals surface area contributed by atoms with E-state index in [1.165, 1.54) is 0 Å². The van der Waals surface area contributed by atoms with E-state index in [-0.39, 0.29) is 5.91 Å². The van der Waals surface area contributed by atoms with Crippen LogP contribution in [-0.2, 0) is 19.9 Å². The van der Waals surface area contributed by atoms with Crippen molar-refractivity contribution in [1.29, 1.82) is 0 Å². The third kappa shape index (κ3) is 1.95. The Hall–Kier alpha value is -2.76. The maximum atomic E-state index is 12.7. The Morgan fingerprint density at radius 3 is 3.05 bits per heavy atom. The molecule has 1 amide bonds. The zero-order valence-electron chi connectivity index (χ0n) is 12.2. The average molecular weight is 293 g/mol. The van der Waals surface area contributed by atoms with E-state index < -0.39 is 0 Å². The summed E-state index contributed by atoms with van der Waals surface area (Å²) in [5.74, 6) is -0.142. The first-order valence-corrected chi connectivity index (χ1v) is 7.30. The summed E-state index contributed by atoms with van der Waals surface area (Å²) in [7, 11) is 1.82. The van der Waals surface area contributed by atoms with Crippen molar-refractivity contribution in [3.05, 3.63) is 47.5 Å². The summed E-state index contributed by atoms with van der Waals surface area (Å²) >= 11 is 0. The van der Waals surface area contributed by atoms with E-state index in [1.54, 1.807) is 23.1 Å². The second-order valence-corrected chi connectivity index (χ2v) is 5.43. The molecule has 0 atom stereocenters. The van der Waals surface area contributed by atoms with Gasteiger partial charge in [0.1, 0.15) is 11.2 Å². The Morgan fingerprint density at radius 1 is 1.23 bits per heavy atom. The molecule has 0 radical (unpaired) electrons.